The third-order valence-electron chi connectivity index (χ3n) is 7.52. The lowest BCUT2D eigenvalue weighted by atomic mass is 9.90. The van der Waals surface area contributed by atoms with Crippen LogP contribution in [-0.2, 0) is 6.18 Å². The maximum atomic E-state index is 12.9. The second kappa shape index (κ2) is 11.1. The maximum absolute atomic E-state index is 12.9. The molecule has 4 aromatic rings. The molecule has 2 aromatic carbocycles. The average molecular weight is 547 g/mol. The van der Waals surface area contributed by atoms with Crippen LogP contribution < -0.4 is 4.90 Å². The molecule has 0 radical (unpaired) electrons. The van der Waals surface area contributed by atoms with Crippen LogP contribution in [0.15, 0.2) is 59.1 Å². The maximum Gasteiger partial charge on any atom is 0.417 e. The van der Waals surface area contributed by atoms with Crippen LogP contribution in [0.5, 0.6) is 0 Å². The zero-order valence-electron chi connectivity index (χ0n) is 22.3. The smallest absolute Gasteiger partial charge is 0.417 e. The molecule has 40 heavy (non-hydrogen) atoms. The van der Waals surface area contributed by atoms with Gasteiger partial charge in [-0.15, -0.1) is 0 Å². The van der Waals surface area contributed by atoms with E-state index in [0.717, 1.165) is 42.7 Å². The number of nitrogens with zero attached hydrogens (tertiary/aromatic N) is 4. The molecule has 0 atom stereocenters. The summed E-state index contributed by atoms with van der Waals surface area (Å²) in [6, 6.07) is 15.4. The monoisotopic (exact) mass is 546 g/mol. The summed E-state index contributed by atoms with van der Waals surface area (Å²) in [6.07, 6.45) is -0.601. The van der Waals surface area contributed by atoms with Crippen molar-refractivity contribution in [3.8, 4) is 17.5 Å². The van der Waals surface area contributed by atoms with Gasteiger partial charge in [0.05, 0.1) is 17.2 Å². The predicted octanol–water partition coefficient (Wildman–Crippen LogP) is 7.78. The molecular formula is C31H29F3N4O2. The molecule has 1 saturated heterocycles. The van der Waals surface area contributed by atoms with Crippen LogP contribution in [0.25, 0.3) is 22.6 Å². The molecule has 1 aliphatic rings. The van der Waals surface area contributed by atoms with E-state index in [1.807, 2.05) is 36.9 Å². The number of ketones is 1. The minimum Gasteiger partial charge on any atom is -0.436 e. The van der Waals surface area contributed by atoms with Crippen molar-refractivity contribution in [1.29, 1.82) is 5.26 Å². The number of halogens is 3. The van der Waals surface area contributed by atoms with Crippen LogP contribution in [0.4, 0.5) is 19.0 Å². The summed E-state index contributed by atoms with van der Waals surface area (Å²) >= 11 is 0. The lowest BCUT2D eigenvalue weighted by Gasteiger charge is -2.32. The Morgan fingerprint density at radius 3 is 2.45 bits per heavy atom. The number of carbonyl (C=O) groups is 1. The van der Waals surface area contributed by atoms with Gasteiger partial charge < -0.3 is 9.32 Å². The van der Waals surface area contributed by atoms with E-state index >= 15 is 0 Å². The first-order valence-corrected chi connectivity index (χ1v) is 13.4. The Hall–Kier alpha value is -4.19. The molecular weight excluding hydrogens is 517 g/mol. The lowest BCUT2D eigenvalue weighted by Crippen LogP contribution is -2.34. The van der Waals surface area contributed by atoms with Crippen molar-refractivity contribution in [3.63, 3.8) is 0 Å². The number of fused-ring (bicyclic) bond motifs is 1. The summed E-state index contributed by atoms with van der Waals surface area (Å²) in [5.74, 6) is 1.61. The fourth-order valence-electron chi connectivity index (χ4n) is 5.15. The van der Waals surface area contributed by atoms with Gasteiger partial charge in [-0.05, 0) is 67.5 Å². The Balaban J connectivity index is 1.17. The molecule has 206 valence electrons. The lowest BCUT2D eigenvalue weighted by molar-refractivity contribution is -0.137. The van der Waals surface area contributed by atoms with Crippen LogP contribution in [-0.4, -0.2) is 28.8 Å². The Labute approximate surface area is 230 Å². The topological polar surface area (TPSA) is 83.0 Å². The number of rotatable bonds is 7. The summed E-state index contributed by atoms with van der Waals surface area (Å²) in [6.45, 7) is 5.48. The van der Waals surface area contributed by atoms with Gasteiger partial charge in [0.25, 0.3) is 0 Å². The number of alkyl halides is 3. The highest BCUT2D eigenvalue weighted by Gasteiger charge is 2.31. The van der Waals surface area contributed by atoms with E-state index in [0.29, 0.717) is 59.4 Å². The van der Waals surface area contributed by atoms with E-state index in [-0.39, 0.29) is 11.7 Å². The number of oxazole rings is 1. The van der Waals surface area contributed by atoms with Crippen molar-refractivity contribution >= 4 is 22.7 Å². The van der Waals surface area contributed by atoms with E-state index in [9.17, 15) is 23.2 Å². The number of hydrogen-bond donors (Lipinski definition) is 0. The molecule has 9 heteroatoms. The number of hydrogen-bond acceptors (Lipinski definition) is 6. The summed E-state index contributed by atoms with van der Waals surface area (Å²) in [4.78, 5) is 23.5. The van der Waals surface area contributed by atoms with Crippen LogP contribution in [0.2, 0.25) is 0 Å². The van der Waals surface area contributed by atoms with Crippen LogP contribution in [0.3, 0.4) is 0 Å². The first-order chi connectivity index (χ1) is 19.1. The van der Waals surface area contributed by atoms with Crippen molar-refractivity contribution in [2.45, 2.75) is 51.6 Å². The Morgan fingerprint density at radius 1 is 1.12 bits per heavy atom. The molecule has 5 rings (SSSR count). The Morgan fingerprint density at radius 2 is 1.85 bits per heavy atom. The van der Waals surface area contributed by atoms with Gasteiger partial charge in [-0.3, -0.25) is 4.79 Å². The minimum absolute atomic E-state index is 0.0664. The van der Waals surface area contributed by atoms with Crippen molar-refractivity contribution in [2.75, 3.05) is 18.0 Å². The summed E-state index contributed by atoms with van der Waals surface area (Å²) < 4.78 is 44.4. The van der Waals surface area contributed by atoms with E-state index < -0.39 is 11.7 Å². The number of piperidine rings is 1. The van der Waals surface area contributed by atoms with Gasteiger partial charge in [-0.2, -0.15) is 18.4 Å². The van der Waals surface area contributed by atoms with Crippen molar-refractivity contribution < 1.29 is 22.4 Å². The molecule has 0 spiro atoms. The summed E-state index contributed by atoms with van der Waals surface area (Å²) in [7, 11) is 0. The molecule has 0 N–H and O–H groups in total. The SMILES string of the molecule is CC(C)c1cc(C#N)cc2nc(-c3ccc(C(=O)CCC4CCN(c5ccc(C(F)(F)F)cn5)CC4)cc3)oc12. The standard InChI is InChI=1S/C31H29F3N4O2/c1-19(2)25-15-21(17-35)16-26-29(25)40-30(37-26)23-6-4-22(5-7-23)27(39)9-3-20-11-13-38(14-12-20)28-10-8-24(18-36-28)31(32,33)34/h4-8,10,15-16,18-20H,3,9,11-14H2,1-2H3. The van der Waals surface area contributed by atoms with Gasteiger partial charge >= 0.3 is 6.18 Å². The van der Waals surface area contributed by atoms with Crippen molar-refractivity contribution in [3.05, 3.63) is 77.0 Å². The van der Waals surface area contributed by atoms with Gasteiger partial charge in [0.15, 0.2) is 11.4 Å². The molecule has 1 fully saturated rings. The van der Waals surface area contributed by atoms with E-state index in [2.05, 4.69) is 16.0 Å². The molecule has 0 aliphatic carbocycles. The quantitative estimate of drug-likeness (QED) is 0.220. The van der Waals surface area contributed by atoms with Crippen LogP contribution in [0.1, 0.15) is 72.5 Å². The largest absolute Gasteiger partial charge is 0.436 e. The van der Waals surface area contributed by atoms with Crippen LogP contribution >= 0.6 is 0 Å². The molecule has 0 amide bonds. The zero-order valence-corrected chi connectivity index (χ0v) is 22.3. The number of aromatic nitrogens is 2. The highest BCUT2D eigenvalue weighted by atomic mass is 19.4. The molecule has 1 aliphatic heterocycles. The molecule has 0 unspecified atom stereocenters. The molecule has 2 aromatic heterocycles. The number of benzene rings is 2. The number of pyridine rings is 1. The van der Waals surface area contributed by atoms with E-state index in [4.69, 9.17) is 4.42 Å². The van der Waals surface area contributed by atoms with Crippen molar-refractivity contribution in [2.24, 2.45) is 5.92 Å². The van der Waals surface area contributed by atoms with E-state index in [1.165, 1.54) is 6.07 Å². The second-order valence-electron chi connectivity index (χ2n) is 10.6. The fourth-order valence-corrected chi connectivity index (χ4v) is 5.15. The predicted molar refractivity (Wildman–Crippen MR) is 146 cm³/mol. The fraction of sp³-hybridized carbons (Fsp3) is 0.355. The number of Topliss-reactive ketones (excluding diaryl/α,β-unsaturated/α-hetero) is 1. The molecule has 3 heterocycles. The minimum atomic E-state index is -4.39. The Kier molecular flexibility index (Phi) is 7.61. The summed E-state index contributed by atoms with van der Waals surface area (Å²) in [5.41, 5.74) is 3.41. The highest BCUT2D eigenvalue weighted by molar-refractivity contribution is 5.96. The van der Waals surface area contributed by atoms with Crippen LogP contribution in [0, 0.1) is 17.2 Å². The molecule has 0 bridgehead atoms. The number of carbonyl (C=O) groups excluding carboxylic acids is 1. The number of anilines is 1. The average Bonchev–Trinajstić information content (AvgIpc) is 3.39. The zero-order chi connectivity index (χ0) is 28.4. The third kappa shape index (κ3) is 5.86. The first kappa shape index (κ1) is 27.4. The third-order valence-corrected chi connectivity index (χ3v) is 7.52. The van der Waals surface area contributed by atoms with Gasteiger partial charge in [0.1, 0.15) is 11.3 Å². The highest BCUT2D eigenvalue weighted by Crippen LogP contribution is 2.33. The van der Waals surface area contributed by atoms with Gasteiger partial charge in [0.2, 0.25) is 5.89 Å². The molecule has 0 saturated carbocycles. The Bertz CT molecular complexity index is 1540. The van der Waals surface area contributed by atoms with Gasteiger partial charge in [-0.1, -0.05) is 26.0 Å². The first-order valence-electron chi connectivity index (χ1n) is 13.4. The molecule has 6 nitrogen and oxygen atoms in total. The van der Waals surface area contributed by atoms with Crippen molar-refractivity contribution in [1.82, 2.24) is 9.97 Å². The number of nitriles is 1. The summed E-state index contributed by atoms with van der Waals surface area (Å²) in [5, 5.41) is 9.35. The van der Waals surface area contributed by atoms with E-state index in [1.54, 1.807) is 18.2 Å². The second-order valence-corrected chi connectivity index (χ2v) is 10.6. The normalized spacial score (nSPS) is 14.6. The van der Waals surface area contributed by atoms with Gasteiger partial charge in [-0.25, -0.2) is 9.97 Å². The van der Waals surface area contributed by atoms with Gasteiger partial charge in [0, 0.05) is 42.4 Å².